The van der Waals surface area contributed by atoms with Crippen LogP contribution in [0.25, 0.3) is 0 Å². The predicted molar refractivity (Wildman–Crippen MR) is 97.4 cm³/mol. The van der Waals surface area contributed by atoms with Crippen LogP contribution in [0.4, 0.5) is 0 Å². The summed E-state index contributed by atoms with van der Waals surface area (Å²) >= 11 is 0. The Bertz CT molecular complexity index is 718. The van der Waals surface area contributed by atoms with Gasteiger partial charge >= 0.3 is 0 Å². The van der Waals surface area contributed by atoms with Gasteiger partial charge < -0.3 is 9.47 Å². The van der Waals surface area contributed by atoms with Crippen molar-refractivity contribution in [2.75, 3.05) is 26.8 Å². The fourth-order valence-corrected chi connectivity index (χ4v) is 6.17. The fourth-order valence-electron chi connectivity index (χ4n) is 4.51. The van der Waals surface area contributed by atoms with Crippen LogP contribution in [0.1, 0.15) is 44.6 Å². The number of ether oxygens (including phenoxy) is 2. The lowest BCUT2D eigenvalue weighted by Crippen LogP contribution is -2.49. The molecule has 1 aromatic rings. The van der Waals surface area contributed by atoms with Gasteiger partial charge in [-0.25, -0.2) is 8.42 Å². The molecule has 5 nitrogen and oxygen atoms in total. The zero-order valence-electron chi connectivity index (χ0n) is 15.5. The molecule has 2 aliphatic rings. The monoisotopic (exact) mass is 367 g/mol. The van der Waals surface area contributed by atoms with Gasteiger partial charge in [-0.05, 0) is 63.3 Å². The van der Waals surface area contributed by atoms with E-state index < -0.39 is 10.0 Å². The summed E-state index contributed by atoms with van der Waals surface area (Å²) in [6.07, 6.45) is 5.34. The van der Waals surface area contributed by atoms with Crippen LogP contribution in [0.15, 0.2) is 23.1 Å². The van der Waals surface area contributed by atoms with Crippen LogP contribution >= 0.6 is 0 Å². The first-order valence-electron chi connectivity index (χ1n) is 9.19. The summed E-state index contributed by atoms with van der Waals surface area (Å²) in [5.74, 6) is 0.742. The van der Waals surface area contributed by atoms with E-state index in [9.17, 15) is 8.42 Å². The third kappa shape index (κ3) is 3.44. The molecule has 0 bridgehead atoms. The molecule has 0 radical (unpaired) electrons. The molecular weight excluding hydrogens is 338 g/mol. The van der Waals surface area contributed by atoms with Gasteiger partial charge in [-0.3, -0.25) is 0 Å². The first kappa shape index (κ1) is 18.7. The number of methoxy groups -OCH3 is 1. The zero-order valence-corrected chi connectivity index (χ0v) is 16.3. The van der Waals surface area contributed by atoms with E-state index in [1.54, 1.807) is 29.6 Å². The van der Waals surface area contributed by atoms with Crippen molar-refractivity contribution < 1.29 is 17.9 Å². The van der Waals surface area contributed by atoms with Gasteiger partial charge in [-0.1, -0.05) is 6.42 Å². The van der Waals surface area contributed by atoms with Crippen LogP contribution < -0.4 is 4.74 Å². The van der Waals surface area contributed by atoms with Crippen LogP contribution in [0.2, 0.25) is 0 Å². The maximum Gasteiger partial charge on any atom is 0.243 e. The average Bonchev–Trinajstić information content (AvgIpc) is 2.98. The molecule has 0 amide bonds. The highest BCUT2D eigenvalue weighted by molar-refractivity contribution is 7.89. The highest BCUT2D eigenvalue weighted by Gasteiger charge is 2.48. The second-order valence-corrected chi connectivity index (χ2v) is 9.22. The van der Waals surface area contributed by atoms with Gasteiger partial charge in [0.25, 0.3) is 0 Å². The van der Waals surface area contributed by atoms with Gasteiger partial charge in [0, 0.05) is 25.6 Å². The van der Waals surface area contributed by atoms with E-state index in [-0.39, 0.29) is 11.5 Å². The number of piperidine rings is 1. The van der Waals surface area contributed by atoms with Crippen molar-refractivity contribution in [3.8, 4) is 5.75 Å². The van der Waals surface area contributed by atoms with Crippen molar-refractivity contribution in [1.29, 1.82) is 0 Å². The Hall–Kier alpha value is -1.11. The molecule has 6 heteroatoms. The molecule has 1 spiro atoms. The molecule has 140 valence electrons. The number of hydrogen-bond donors (Lipinski definition) is 0. The summed E-state index contributed by atoms with van der Waals surface area (Å²) in [5, 5.41) is 0. The van der Waals surface area contributed by atoms with Gasteiger partial charge in [0.1, 0.15) is 5.75 Å². The minimum atomic E-state index is -3.49. The molecule has 1 aromatic carbocycles. The molecule has 1 saturated heterocycles. The lowest BCUT2D eigenvalue weighted by Gasteiger charge is -2.43. The van der Waals surface area contributed by atoms with E-state index >= 15 is 0 Å². The Labute approximate surface area is 151 Å². The van der Waals surface area contributed by atoms with Crippen molar-refractivity contribution in [3.05, 3.63) is 23.8 Å². The van der Waals surface area contributed by atoms with Crippen LogP contribution in [-0.2, 0) is 14.8 Å². The highest BCUT2D eigenvalue weighted by Crippen LogP contribution is 2.47. The molecule has 0 N–H and O–H groups in total. The first-order valence-corrected chi connectivity index (χ1v) is 10.6. The SMILES string of the molecule is CCOc1ccc(S(=O)(=O)N2CCC[C@@]3(CCC[C@H]3OC)C2)cc1C. The third-order valence-corrected chi connectivity index (χ3v) is 7.61. The van der Waals surface area contributed by atoms with Gasteiger partial charge in [-0.2, -0.15) is 4.31 Å². The maximum atomic E-state index is 13.2. The van der Waals surface area contributed by atoms with E-state index in [4.69, 9.17) is 9.47 Å². The lowest BCUT2D eigenvalue weighted by atomic mass is 9.77. The fraction of sp³-hybridized carbons (Fsp3) is 0.684. The quantitative estimate of drug-likeness (QED) is 0.801. The van der Waals surface area contributed by atoms with Crippen LogP contribution in [0.5, 0.6) is 5.75 Å². The summed E-state index contributed by atoms with van der Waals surface area (Å²) in [7, 11) is -1.74. The number of nitrogens with zero attached hydrogens (tertiary/aromatic N) is 1. The number of benzene rings is 1. The topological polar surface area (TPSA) is 55.8 Å². The van der Waals surface area contributed by atoms with Crippen LogP contribution in [0.3, 0.4) is 0 Å². The first-order chi connectivity index (χ1) is 11.9. The van der Waals surface area contributed by atoms with Crippen molar-refractivity contribution in [2.24, 2.45) is 5.41 Å². The second kappa shape index (κ2) is 7.25. The zero-order chi connectivity index (χ0) is 18.1. The summed E-state index contributed by atoms with van der Waals surface area (Å²) in [6.45, 7) is 5.54. The minimum absolute atomic E-state index is 0.0135. The standard InChI is InChI=1S/C19H29NO4S/c1-4-24-17-9-8-16(13-15(17)2)25(21,22)20-12-6-11-19(14-20)10-5-7-18(19)23-3/h8-9,13,18H,4-7,10-12,14H2,1-3H3/t18-,19+/m1/s1. The molecule has 1 aliphatic heterocycles. The molecular formula is C19H29NO4S. The van der Waals surface area contributed by atoms with Crippen LogP contribution in [-0.4, -0.2) is 45.6 Å². The molecule has 0 aromatic heterocycles. The Morgan fingerprint density at radius 2 is 2.04 bits per heavy atom. The predicted octanol–water partition coefficient (Wildman–Crippen LogP) is 3.36. The average molecular weight is 368 g/mol. The molecule has 1 heterocycles. The Balaban J connectivity index is 1.86. The molecule has 1 aliphatic carbocycles. The van der Waals surface area contributed by atoms with E-state index in [0.717, 1.165) is 43.4 Å². The van der Waals surface area contributed by atoms with E-state index in [1.807, 2.05) is 13.8 Å². The third-order valence-electron chi connectivity index (χ3n) is 5.77. The van der Waals surface area contributed by atoms with Gasteiger partial charge in [0.2, 0.25) is 10.0 Å². The second-order valence-electron chi connectivity index (χ2n) is 7.28. The number of hydrogen-bond acceptors (Lipinski definition) is 4. The summed E-state index contributed by atoms with van der Waals surface area (Å²) in [5.41, 5.74) is 0.839. The summed E-state index contributed by atoms with van der Waals surface area (Å²) in [6, 6.07) is 5.15. The van der Waals surface area contributed by atoms with E-state index in [0.29, 0.717) is 24.6 Å². The largest absolute Gasteiger partial charge is 0.494 e. The van der Waals surface area contributed by atoms with Crippen molar-refractivity contribution in [1.82, 2.24) is 4.31 Å². The van der Waals surface area contributed by atoms with E-state index in [2.05, 4.69) is 0 Å². The molecule has 25 heavy (non-hydrogen) atoms. The van der Waals surface area contributed by atoms with Gasteiger partial charge in [-0.15, -0.1) is 0 Å². The molecule has 0 unspecified atom stereocenters. The molecule has 2 atom stereocenters. The molecule has 2 fully saturated rings. The lowest BCUT2D eigenvalue weighted by molar-refractivity contribution is -0.0184. The number of aryl methyl sites for hydroxylation is 1. The number of rotatable bonds is 5. The maximum absolute atomic E-state index is 13.2. The van der Waals surface area contributed by atoms with Gasteiger partial charge in [0.15, 0.2) is 0 Å². The van der Waals surface area contributed by atoms with Crippen LogP contribution in [0, 0.1) is 12.3 Å². The van der Waals surface area contributed by atoms with Crippen molar-refractivity contribution in [3.63, 3.8) is 0 Å². The Morgan fingerprint density at radius 1 is 1.28 bits per heavy atom. The van der Waals surface area contributed by atoms with Crippen molar-refractivity contribution in [2.45, 2.75) is 57.0 Å². The van der Waals surface area contributed by atoms with Crippen molar-refractivity contribution >= 4 is 10.0 Å². The summed E-state index contributed by atoms with van der Waals surface area (Å²) < 4.78 is 39.3. The summed E-state index contributed by atoms with van der Waals surface area (Å²) in [4.78, 5) is 0.359. The van der Waals surface area contributed by atoms with Gasteiger partial charge in [0.05, 0.1) is 17.6 Å². The smallest absolute Gasteiger partial charge is 0.243 e. The minimum Gasteiger partial charge on any atom is -0.494 e. The Morgan fingerprint density at radius 3 is 2.72 bits per heavy atom. The normalized spacial score (nSPS) is 27.7. The van der Waals surface area contributed by atoms with E-state index in [1.165, 1.54) is 0 Å². The number of sulfonamides is 1. The molecule has 3 rings (SSSR count). The highest BCUT2D eigenvalue weighted by atomic mass is 32.2. The molecule has 1 saturated carbocycles. The Kier molecular flexibility index (Phi) is 5.42.